The van der Waals surface area contributed by atoms with Crippen LogP contribution < -0.4 is 5.32 Å². The van der Waals surface area contributed by atoms with Gasteiger partial charge in [-0.3, -0.25) is 14.6 Å². The third kappa shape index (κ3) is 1.88. The second kappa shape index (κ2) is 3.92. The van der Waals surface area contributed by atoms with Crippen LogP contribution in [0.4, 0.5) is 0 Å². The van der Waals surface area contributed by atoms with Gasteiger partial charge in [-0.1, -0.05) is 0 Å². The van der Waals surface area contributed by atoms with Crippen LogP contribution in [0.3, 0.4) is 0 Å². The number of nitrogens with zero attached hydrogens (tertiary/aromatic N) is 1. The topological polar surface area (TPSA) is 79.3 Å². The van der Waals surface area contributed by atoms with Crippen molar-refractivity contribution >= 4 is 11.9 Å². The molecule has 1 amide bonds. The Balaban J connectivity index is 1.92. The van der Waals surface area contributed by atoms with Gasteiger partial charge in [-0.2, -0.15) is 0 Å². The molecule has 2 N–H and O–H groups in total. The maximum atomic E-state index is 11.6. The molecule has 0 aromatic carbocycles. The van der Waals surface area contributed by atoms with Crippen molar-refractivity contribution in [1.82, 2.24) is 10.3 Å². The fourth-order valence-corrected chi connectivity index (χ4v) is 1.52. The van der Waals surface area contributed by atoms with Crippen molar-refractivity contribution in [3.63, 3.8) is 0 Å². The van der Waals surface area contributed by atoms with E-state index in [0.29, 0.717) is 19.4 Å². The molecule has 1 saturated carbocycles. The van der Waals surface area contributed by atoms with E-state index in [9.17, 15) is 9.59 Å². The van der Waals surface area contributed by atoms with Crippen molar-refractivity contribution in [2.24, 2.45) is 5.41 Å². The number of hydrogen-bond donors (Lipinski definition) is 2. The average molecular weight is 220 g/mol. The second-order valence-electron chi connectivity index (χ2n) is 3.93. The van der Waals surface area contributed by atoms with Crippen LogP contribution in [-0.4, -0.2) is 22.0 Å². The first-order valence-electron chi connectivity index (χ1n) is 5.06. The molecule has 0 unspecified atom stereocenters. The molecule has 0 atom stereocenters. The van der Waals surface area contributed by atoms with Crippen molar-refractivity contribution in [2.45, 2.75) is 19.4 Å². The molecule has 2 rings (SSSR count). The number of hydrogen-bond acceptors (Lipinski definition) is 3. The standard InChI is InChI=1S/C11H12N2O3/c14-9(11(3-4-11)10(15)16)13-7-8-1-5-12-6-2-8/h1-2,5-6H,3-4,7H2,(H,13,14)(H,15,16). The number of rotatable bonds is 4. The molecule has 1 fully saturated rings. The lowest BCUT2D eigenvalue weighted by molar-refractivity contribution is -0.149. The van der Waals surface area contributed by atoms with Gasteiger partial charge in [-0.05, 0) is 30.5 Å². The van der Waals surface area contributed by atoms with E-state index in [2.05, 4.69) is 10.3 Å². The number of aromatic nitrogens is 1. The summed E-state index contributed by atoms with van der Waals surface area (Å²) in [5, 5.41) is 11.5. The molecule has 1 aromatic heterocycles. The van der Waals surface area contributed by atoms with Crippen molar-refractivity contribution in [1.29, 1.82) is 0 Å². The summed E-state index contributed by atoms with van der Waals surface area (Å²) in [5.74, 6) is -1.42. The van der Waals surface area contributed by atoms with Crippen LogP contribution in [0.1, 0.15) is 18.4 Å². The number of pyridine rings is 1. The Morgan fingerprint density at radius 1 is 1.38 bits per heavy atom. The Hall–Kier alpha value is -1.91. The maximum absolute atomic E-state index is 11.6. The van der Waals surface area contributed by atoms with Gasteiger partial charge in [-0.15, -0.1) is 0 Å². The van der Waals surface area contributed by atoms with Gasteiger partial charge in [0, 0.05) is 18.9 Å². The number of carbonyl (C=O) groups is 2. The molecule has 5 nitrogen and oxygen atoms in total. The molecule has 1 aromatic rings. The predicted molar refractivity (Wildman–Crippen MR) is 55.4 cm³/mol. The Morgan fingerprint density at radius 3 is 2.50 bits per heavy atom. The van der Waals surface area contributed by atoms with Crippen molar-refractivity contribution < 1.29 is 14.7 Å². The highest BCUT2D eigenvalue weighted by Gasteiger charge is 2.56. The number of carboxylic acids is 1. The molecular weight excluding hydrogens is 208 g/mol. The monoisotopic (exact) mass is 220 g/mol. The van der Waals surface area contributed by atoms with Gasteiger partial charge in [-0.25, -0.2) is 0 Å². The molecule has 16 heavy (non-hydrogen) atoms. The number of amides is 1. The van der Waals surface area contributed by atoms with Crippen LogP contribution in [0.2, 0.25) is 0 Å². The van der Waals surface area contributed by atoms with E-state index in [1.807, 2.05) is 0 Å². The number of nitrogens with one attached hydrogen (secondary N) is 1. The van der Waals surface area contributed by atoms with Crippen LogP contribution >= 0.6 is 0 Å². The zero-order valence-corrected chi connectivity index (χ0v) is 8.64. The molecule has 0 radical (unpaired) electrons. The predicted octanol–water partition coefficient (Wildman–Crippen LogP) is 0.563. The molecule has 0 saturated heterocycles. The lowest BCUT2D eigenvalue weighted by Gasteiger charge is -2.10. The minimum atomic E-state index is -1.16. The third-order valence-corrected chi connectivity index (χ3v) is 2.80. The van der Waals surface area contributed by atoms with E-state index in [-0.39, 0.29) is 0 Å². The van der Waals surface area contributed by atoms with Crippen LogP contribution in [0.5, 0.6) is 0 Å². The SMILES string of the molecule is O=C(O)C1(C(=O)NCc2ccncc2)CC1. The minimum absolute atomic E-state index is 0.344. The molecule has 0 spiro atoms. The van der Waals surface area contributed by atoms with Gasteiger partial charge in [0.15, 0.2) is 0 Å². The van der Waals surface area contributed by atoms with Crippen LogP contribution in [0, 0.1) is 5.41 Å². The molecule has 0 aliphatic heterocycles. The van der Waals surface area contributed by atoms with Gasteiger partial charge in [0.05, 0.1) is 0 Å². The molecular formula is C11H12N2O3. The summed E-state index contributed by atoms with van der Waals surface area (Å²) in [7, 11) is 0. The highest BCUT2D eigenvalue weighted by atomic mass is 16.4. The highest BCUT2D eigenvalue weighted by Crippen LogP contribution is 2.46. The molecule has 1 heterocycles. The second-order valence-corrected chi connectivity index (χ2v) is 3.93. The Labute approximate surface area is 92.5 Å². The van der Waals surface area contributed by atoms with Crippen LogP contribution in [-0.2, 0) is 16.1 Å². The van der Waals surface area contributed by atoms with E-state index in [1.165, 1.54) is 0 Å². The quantitative estimate of drug-likeness (QED) is 0.727. The summed E-state index contributed by atoms with van der Waals surface area (Å²) in [6.45, 7) is 0.344. The third-order valence-electron chi connectivity index (χ3n) is 2.80. The van der Waals surface area contributed by atoms with Gasteiger partial charge >= 0.3 is 5.97 Å². The smallest absolute Gasteiger partial charge is 0.319 e. The number of carboxylic acid groups (broad SMARTS) is 1. The summed E-state index contributed by atoms with van der Waals surface area (Å²) in [6.07, 6.45) is 4.13. The molecule has 0 bridgehead atoms. The first-order valence-corrected chi connectivity index (χ1v) is 5.06. The number of aliphatic carboxylic acids is 1. The van der Waals surface area contributed by atoms with Gasteiger partial charge < -0.3 is 10.4 Å². The largest absolute Gasteiger partial charge is 0.480 e. The molecule has 5 heteroatoms. The van der Waals surface area contributed by atoms with Gasteiger partial charge in [0.2, 0.25) is 5.91 Å². The minimum Gasteiger partial charge on any atom is -0.480 e. The first kappa shape index (κ1) is 10.6. The maximum Gasteiger partial charge on any atom is 0.319 e. The Kier molecular flexibility index (Phi) is 2.60. The van der Waals surface area contributed by atoms with E-state index in [0.717, 1.165) is 5.56 Å². The molecule has 1 aliphatic rings. The summed E-state index contributed by atoms with van der Waals surface area (Å²) >= 11 is 0. The zero-order valence-electron chi connectivity index (χ0n) is 8.64. The zero-order chi connectivity index (χ0) is 11.6. The summed E-state index contributed by atoms with van der Waals surface area (Å²) in [4.78, 5) is 26.4. The van der Waals surface area contributed by atoms with Crippen LogP contribution in [0.15, 0.2) is 24.5 Å². The lowest BCUT2D eigenvalue weighted by atomic mass is 10.1. The van der Waals surface area contributed by atoms with Gasteiger partial charge in [0.25, 0.3) is 0 Å². The summed E-state index contributed by atoms with van der Waals surface area (Å²) in [5.41, 5.74) is -0.253. The first-order chi connectivity index (χ1) is 7.65. The van der Waals surface area contributed by atoms with Gasteiger partial charge in [0.1, 0.15) is 5.41 Å². The summed E-state index contributed by atoms with van der Waals surface area (Å²) < 4.78 is 0. The summed E-state index contributed by atoms with van der Waals surface area (Å²) in [6, 6.07) is 3.56. The van der Waals surface area contributed by atoms with E-state index in [4.69, 9.17) is 5.11 Å². The van der Waals surface area contributed by atoms with E-state index < -0.39 is 17.3 Å². The van der Waals surface area contributed by atoms with E-state index in [1.54, 1.807) is 24.5 Å². The fourth-order valence-electron chi connectivity index (χ4n) is 1.52. The Bertz CT molecular complexity index is 412. The molecule has 1 aliphatic carbocycles. The highest BCUT2D eigenvalue weighted by molar-refractivity contribution is 6.04. The normalized spacial score (nSPS) is 16.5. The van der Waals surface area contributed by atoms with E-state index >= 15 is 0 Å². The lowest BCUT2D eigenvalue weighted by Crippen LogP contribution is -2.36. The van der Waals surface area contributed by atoms with Crippen LogP contribution in [0.25, 0.3) is 0 Å². The molecule has 84 valence electrons. The van der Waals surface area contributed by atoms with Crippen molar-refractivity contribution in [2.75, 3.05) is 0 Å². The number of carbonyl (C=O) groups excluding carboxylic acids is 1. The van der Waals surface area contributed by atoms with Crippen molar-refractivity contribution in [3.05, 3.63) is 30.1 Å². The average Bonchev–Trinajstić information content (AvgIpc) is 3.08. The fraction of sp³-hybridized carbons (Fsp3) is 0.364. The Morgan fingerprint density at radius 2 is 2.00 bits per heavy atom. The van der Waals surface area contributed by atoms with Crippen molar-refractivity contribution in [3.8, 4) is 0 Å².